The van der Waals surface area contributed by atoms with Gasteiger partial charge in [-0.1, -0.05) is 25.8 Å². The first kappa shape index (κ1) is 25.6. The third-order valence-electron chi connectivity index (χ3n) is 6.56. The number of rotatable bonds is 9. The Hall–Kier alpha value is -1.05. The van der Waals surface area contributed by atoms with E-state index in [1.165, 1.54) is 36.0 Å². The van der Waals surface area contributed by atoms with Gasteiger partial charge in [-0.25, -0.2) is 0 Å². The van der Waals surface area contributed by atoms with Crippen molar-refractivity contribution in [1.29, 1.82) is 0 Å². The van der Waals surface area contributed by atoms with Gasteiger partial charge in [0.2, 0.25) is 8.32 Å². The minimum atomic E-state index is -1.76. The highest BCUT2D eigenvalue weighted by molar-refractivity contribution is 6.70. The second-order valence-corrected chi connectivity index (χ2v) is 21.2. The van der Waals surface area contributed by atoms with Gasteiger partial charge in [-0.15, -0.1) is 0 Å². The summed E-state index contributed by atoms with van der Waals surface area (Å²) in [6, 6.07) is 4.63. The van der Waals surface area contributed by atoms with Gasteiger partial charge in [-0.3, -0.25) is 0 Å². The van der Waals surface area contributed by atoms with E-state index in [4.69, 9.17) is 13.6 Å². The lowest BCUT2D eigenvalue weighted by molar-refractivity contribution is 0.0104. The molecule has 32 heavy (non-hydrogen) atoms. The molecule has 0 aromatic heterocycles. The van der Waals surface area contributed by atoms with Gasteiger partial charge in [0.15, 0.2) is 8.32 Å². The molecule has 0 radical (unpaired) electrons. The molecule has 180 valence electrons. The van der Waals surface area contributed by atoms with Crippen molar-refractivity contribution in [3.63, 3.8) is 0 Å². The summed E-state index contributed by atoms with van der Waals surface area (Å²) in [4.78, 5) is 0. The summed E-state index contributed by atoms with van der Waals surface area (Å²) < 4.78 is 19.7. The molecule has 0 amide bonds. The molecule has 0 bridgehead atoms. The largest absolute Gasteiger partial charge is 0.544 e. The third-order valence-corrected chi connectivity index (χ3v) is 8.41. The van der Waals surface area contributed by atoms with Crippen molar-refractivity contribution >= 4 is 16.6 Å². The molecule has 1 aromatic carbocycles. The number of hydrogen-bond donors (Lipinski definition) is 0. The summed E-state index contributed by atoms with van der Waals surface area (Å²) in [7, 11) is -3.30. The molecule has 0 fully saturated rings. The fraction of sp³-hybridized carbons (Fsp3) is 0.704. The van der Waals surface area contributed by atoms with Crippen molar-refractivity contribution in [2.24, 2.45) is 5.92 Å². The Morgan fingerprint density at radius 2 is 1.75 bits per heavy atom. The maximum atomic E-state index is 6.72. The van der Waals surface area contributed by atoms with E-state index in [1.807, 2.05) is 0 Å². The number of allylic oxidation sites excluding steroid dienone is 1. The highest BCUT2D eigenvalue weighted by atomic mass is 28.4. The van der Waals surface area contributed by atoms with Gasteiger partial charge in [0.1, 0.15) is 17.1 Å². The lowest BCUT2D eigenvalue weighted by Gasteiger charge is -2.47. The van der Waals surface area contributed by atoms with Crippen LogP contribution in [-0.4, -0.2) is 28.8 Å². The van der Waals surface area contributed by atoms with E-state index in [-0.39, 0.29) is 5.60 Å². The van der Waals surface area contributed by atoms with Crippen LogP contribution in [-0.2, 0) is 10.8 Å². The van der Waals surface area contributed by atoms with Gasteiger partial charge in [-0.2, -0.15) is 0 Å². The first-order valence-electron chi connectivity index (χ1n) is 12.7. The lowest BCUT2D eigenvalue weighted by atomic mass is 9.68. The van der Waals surface area contributed by atoms with Crippen molar-refractivity contribution in [3.05, 3.63) is 34.9 Å². The van der Waals surface area contributed by atoms with Crippen LogP contribution in [0.1, 0.15) is 69.9 Å². The van der Waals surface area contributed by atoms with Crippen LogP contribution < -0.4 is 9.16 Å². The molecule has 0 N–H and O–H groups in total. The van der Waals surface area contributed by atoms with Gasteiger partial charge in [0.25, 0.3) is 0 Å². The van der Waals surface area contributed by atoms with Crippen LogP contribution in [0.3, 0.4) is 0 Å². The molecule has 1 aliphatic heterocycles. The quantitative estimate of drug-likeness (QED) is 0.206. The van der Waals surface area contributed by atoms with Crippen LogP contribution in [0, 0.1) is 5.92 Å². The fourth-order valence-electron chi connectivity index (χ4n) is 5.03. The molecule has 2 unspecified atom stereocenters. The molecule has 0 saturated heterocycles. The SMILES string of the molecule is CCCCCc1cc2c(c(O[Si](C)(C)C)c1)C1C=C(CO[Si](C)(C)C)CCC1C(C)(C)O2. The zero-order valence-electron chi connectivity index (χ0n) is 22.1. The zero-order chi connectivity index (χ0) is 23.7. The van der Waals surface area contributed by atoms with E-state index in [2.05, 4.69) is 78.3 Å². The van der Waals surface area contributed by atoms with Crippen molar-refractivity contribution in [2.45, 2.75) is 110 Å². The normalized spacial score (nSPS) is 22.5. The van der Waals surface area contributed by atoms with E-state index in [0.717, 1.165) is 37.4 Å². The number of fused-ring (bicyclic) bond motifs is 3. The van der Waals surface area contributed by atoms with Gasteiger partial charge in [0.05, 0.1) is 6.61 Å². The molecule has 0 spiro atoms. The Labute approximate surface area is 199 Å². The summed E-state index contributed by atoms with van der Waals surface area (Å²) in [5.74, 6) is 2.91. The summed E-state index contributed by atoms with van der Waals surface area (Å²) in [6.45, 7) is 21.2. The Balaban J connectivity index is 2.04. The Morgan fingerprint density at radius 1 is 1.03 bits per heavy atom. The molecule has 5 heteroatoms. The number of unbranched alkanes of at least 4 members (excludes halogenated alkanes) is 2. The first-order valence-corrected chi connectivity index (χ1v) is 19.5. The van der Waals surface area contributed by atoms with Crippen molar-refractivity contribution < 1.29 is 13.6 Å². The number of benzene rings is 1. The topological polar surface area (TPSA) is 27.7 Å². The first-order chi connectivity index (χ1) is 14.8. The predicted octanol–water partition coefficient (Wildman–Crippen LogP) is 8.08. The monoisotopic (exact) mass is 474 g/mol. The molecule has 1 aromatic rings. The van der Waals surface area contributed by atoms with Crippen LogP contribution in [0.15, 0.2) is 23.8 Å². The van der Waals surface area contributed by atoms with E-state index >= 15 is 0 Å². The van der Waals surface area contributed by atoms with Crippen LogP contribution in [0.2, 0.25) is 39.3 Å². The molecule has 3 nitrogen and oxygen atoms in total. The molecular weight excluding hydrogens is 428 g/mol. The summed E-state index contributed by atoms with van der Waals surface area (Å²) >= 11 is 0. The second kappa shape index (κ2) is 9.67. The predicted molar refractivity (Wildman–Crippen MR) is 141 cm³/mol. The average molecular weight is 475 g/mol. The zero-order valence-corrected chi connectivity index (χ0v) is 24.1. The minimum absolute atomic E-state index is 0.183. The lowest BCUT2D eigenvalue weighted by Crippen LogP contribution is -2.46. The van der Waals surface area contributed by atoms with E-state index < -0.39 is 16.6 Å². The van der Waals surface area contributed by atoms with Crippen molar-refractivity contribution in [3.8, 4) is 11.5 Å². The van der Waals surface area contributed by atoms with Gasteiger partial charge >= 0.3 is 0 Å². The maximum absolute atomic E-state index is 6.72. The van der Waals surface area contributed by atoms with Gasteiger partial charge in [0, 0.05) is 17.4 Å². The summed E-state index contributed by atoms with van der Waals surface area (Å²) in [6.07, 6.45) is 9.56. The highest BCUT2D eigenvalue weighted by Gasteiger charge is 2.46. The number of ether oxygens (including phenoxy) is 1. The van der Waals surface area contributed by atoms with Crippen LogP contribution in [0.5, 0.6) is 11.5 Å². The minimum Gasteiger partial charge on any atom is -0.544 e. The van der Waals surface area contributed by atoms with Crippen LogP contribution in [0.4, 0.5) is 0 Å². The van der Waals surface area contributed by atoms with Crippen LogP contribution >= 0.6 is 0 Å². The third kappa shape index (κ3) is 6.51. The van der Waals surface area contributed by atoms with E-state index in [0.29, 0.717) is 11.8 Å². The summed E-state index contributed by atoms with van der Waals surface area (Å²) in [5.41, 5.74) is 3.89. The molecule has 0 saturated carbocycles. The van der Waals surface area contributed by atoms with Crippen molar-refractivity contribution in [1.82, 2.24) is 0 Å². The Bertz CT molecular complexity index is 831. The molecule has 1 aliphatic carbocycles. The van der Waals surface area contributed by atoms with Gasteiger partial charge < -0.3 is 13.6 Å². The molecular formula is C27H46O3Si2. The molecule has 1 heterocycles. The maximum Gasteiger partial charge on any atom is 0.242 e. The van der Waals surface area contributed by atoms with E-state index in [9.17, 15) is 0 Å². The summed E-state index contributed by atoms with van der Waals surface area (Å²) in [5, 5.41) is 0. The number of aryl methyl sites for hydroxylation is 1. The Kier molecular flexibility index (Phi) is 7.73. The fourth-order valence-corrected chi connectivity index (χ4v) is 6.48. The average Bonchev–Trinajstić information content (AvgIpc) is 2.64. The molecule has 2 aliphatic rings. The number of hydrogen-bond acceptors (Lipinski definition) is 3. The molecule has 2 atom stereocenters. The second-order valence-electron chi connectivity index (χ2n) is 12.3. The van der Waals surface area contributed by atoms with Gasteiger partial charge in [-0.05, 0) is 102 Å². The standard InChI is InChI=1S/C27H46O3Si2/c1-10-11-12-13-20-17-24-26(25(18-20)30-32(7,8)9)22-16-21(19-28-31(4,5)6)14-15-23(22)27(2,3)29-24/h16-18,22-23H,10-15,19H2,1-9H3. The molecule has 3 rings (SSSR count). The Morgan fingerprint density at radius 3 is 2.38 bits per heavy atom. The smallest absolute Gasteiger partial charge is 0.242 e. The van der Waals surface area contributed by atoms with Crippen molar-refractivity contribution in [2.75, 3.05) is 6.61 Å². The highest BCUT2D eigenvalue weighted by Crippen LogP contribution is 2.54. The van der Waals surface area contributed by atoms with E-state index in [1.54, 1.807) is 0 Å². The van der Waals surface area contributed by atoms with Crippen LogP contribution in [0.25, 0.3) is 0 Å².